The second-order valence-corrected chi connectivity index (χ2v) is 16.7. The topological polar surface area (TPSA) is 181 Å². The van der Waals surface area contributed by atoms with E-state index >= 15 is 0 Å². The quantitative estimate of drug-likeness (QED) is 0.181. The van der Waals surface area contributed by atoms with Crippen molar-refractivity contribution in [1.82, 2.24) is 25.8 Å². The van der Waals surface area contributed by atoms with Crippen molar-refractivity contribution >= 4 is 41.5 Å². The van der Waals surface area contributed by atoms with Crippen molar-refractivity contribution < 1.29 is 43.0 Å². The number of carbonyl (C=O) groups is 7. The number of unbranched alkanes of at least 4 members (excludes halogenated alkanes) is 1. The van der Waals surface area contributed by atoms with Crippen LogP contribution in [0.3, 0.4) is 0 Å². The van der Waals surface area contributed by atoms with E-state index in [4.69, 9.17) is 15.9 Å². The Bertz CT molecular complexity index is 1660. The number of hydrogen-bond donors (Lipinski definition) is 3. The van der Waals surface area contributed by atoms with Crippen LogP contribution in [0.2, 0.25) is 0 Å². The van der Waals surface area contributed by atoms with Gasteiger partial charge in [-0.3, -0.25) is 28.8 Å². The van der Waals surface area contributed by atoms with Crippen LogP contribution in [0.25, 0.3) is 0 Å². The molecule has 2 aliphatic rings. The number of amides is 5. The smallest absolute Gasteiger partial charge is 0.329 e. The Labute approximate surface area is 344 Å². The minimum absolute atomic E-state index is 0.0502. The molecule has 5 amide bonds. The molecule has 0 radical (unpaired) electrons. The predicted octanol–water partition coefficient (Wildman–Crippen LogP) is 3.55. The van der Waals surface area contributed by atoms with Crippen LogP contribution < -0.4 is 16.0 Å². The van der Waals surface area contributed by atoms with Gasteiger partial charge in [0.05, 0.1) is 5.41 Å². The largest absolute Gasteiger partial charge is 0.460 e. The number of rotatable bonds is 10. The Kier molecular flexibility index (Phi) is 17.8. The van der Waals surface area contributed by atoms with Crippen LogP contribution in [0.15, 0.2) is 30.3 Å². The molecule has 0 aromatic heterocycles. The van der Waals surface area contributed by atoms with Gasteiger partial charge < -0.3 is 35.2 Å². The molecular formula is C44H65N5O9. The van der Waals surface area contributed by atoms with Crippen LogP contribution in [0.5, 0.6) is 0 Å². The summed E-state index contributed by atoms with van der Waals surface area (Å²) in [5.74, 6) is -3.17. The SMILES string of the molecule is C#CCCC[C@@H]1OC(=O)CNC(=O)[C@H](C(C)CC)NC(=O)[C@@H]2CCCN2C(=O)[C@H](C(C)CC)OC(=O)[C@H](Cc2ccccc2)N(C)C(=O)[C@H](C(C)C)NC(=O)C1(C)C. The van der Waals surface area contributed by atoms with Crippen molar-refractivity contribution in [2.45, 2.75) is 143 Å². The number of ether oxygens (including phenoxy) is 2. The third kappa shape index (κ3) is 12.1. The summed E-state index contributed by atoms with van der Waals surface area (Å²) < 4.78 is 12.0. The standard InChI is InChI=1S/C44H65N5O9/c1-11-14-16-23-33-44(8,9)43(56)47-35(27(4)5)40(53)48(10)32(25-30-20-17-15-18-21-30)42(55)58-37(29(7)13-3)41(54)49-24-19-22-31(49)38(51)46-36(28(6)12-2)39(52)45-26-34(50)57-33/h1,15,17-18,20-21,27-29,31-33,35-37H,12-14,16,19,22-26H2,2-10H3,(H,45,52)(H,46,51)(H,47,56)/t28?,29?,31-,32-,33-,35-,36-,37-/m0/s1. The van der Waals surface area contributed by atoms with E-state index in [1.54, 1.807) is 41.5 Å². The average molecular weight is 808 g/mol. The van der Waals surface area contributed by atoms with Gasteiger partial charge in [0, 0.05) is 32.4 Å². The summed E-state index contributed by atoms with van der Waals surface area (Å²) in [5, 5.41) is 8.30. The summed E-state index contributed by atoms with van der Waals surface area (Å²) in [6, 6.07) is 4.78. The van der Waals surface area contributed by atoms with E-state index < -0.39 is 102 Å². The van der Waals surface area contributed by atoms with Crippen LogP contribution in [0.1, 0.15) is 106 Å². The molecule has 3 rings (SSSR count). The number of carbonyl (C=O) groups excluding carboxylic acids is 7. The first-order valence-corrected chi connectivity index (χ1v) is 20.7. The monoisotopic (exact) mass is 807 g/mol. The molecule has 14 nitrogen and oxygen atoms in total. The number of likely N-dealkylation sites (N-methyl/N-ethyl adjacent to an activating group) is 1. The fraction of sp³-hybridized carbons (Fsp3) is 0.659. The number of esters is 2. The summed E-state index contributed by atoms with van der Waals surface area (Å²) in [5.41, 5.74) is -0.653. The maximum absolute atomic E-state index is 14.5. The van der Waals surface area contributed by atoms with Crippen molar-refractivity contribution in [3.63, 3.8) is 0 Å². The normalized spacial score (nSPS) is 26.8. The molecule has 2 heterocycles. The minimum atomic E-state index is -1.39. The number of cyclic esters (lactones) is 2. The van der Waals surface area contributed by atoms with Crippen molar-refractivity contribution in [3.05, 3.63) is 35.9 Å². The lowest BCUT2D eigenvalue weighted by Crippen LogP contribution is -2.59. The van der Waals surface area contributed by atoms with Crippen LogP contribution in [0, 0.1) is 35.5 Å². The van der Waals surface area contributed by atoms with Gasteiger partial charge in [-0.1, -0.05) is 78.3 Å². The van der Waals surface area contributed by atoms with Crippen molar-refractivity contribution in [3.8, 4) is 12.3 Å². The average Bonchev–Trinajstić information content (AvgIpc) is 3.70. The van der Waals surface area contributed by atoms with Gasteiger partial charge in [-0.2, -0.15) is 0 Å². The Balaban J connectivity index is 2.16. The van der Waals surface area contributed by atoms with Gasteiger partial charge in [0.15, 0.2) is 6.10 Å². The molecule has 2 saturated heterocycles. The molecule has 2 aliphatic heterocycles. The highest BCUT2D eigenvalue weighted by atomic mass is 16.6. The van der Waals surface area contributed by atoms with Crippen LogP contribution in [-0.2, 0) is 49.5 Å². The fourth-order valence-electron chi connectivity index (χ4n) is 7.25. The Morgan fingerprint density at radius 2 is 1.53 bits per heavy atom. The summed E-state index contributed by atoms with van der Waals surface area (Å²) in [4.78, 5) is 101. The van der Waals surface area contributed by atoms with Gasteiger partial charge in [0.2, 0.25) is 23.6 Å². The van der Waals surface area contributed by atoms with Gasteiger partial charge in [0.1, 0.15) is 36.8 Å². The van der Waals surface area contributed by atoms with E-state index in [9.17, 15) is 33.6 Å². The summed E-state index contributed by atoms with van der Waals surface area (Å²) in [6.45, 7) is 13.7. The lowest BCUT2D eigenvalue weighted by molar-refractivity contribution is -0.170. The molecule has 320 valence electrons. The van der Waals surface area contributed by atoms with Gasteiger partial charge in [0.25, 0.3) is 5.91 Å². The highest BCUT2D eigenvalue weighted by Crippen LogP contribution is 2.30. The molecule has 14 heteroatoms. The zero-order valence-electron chi connectivity index (χ0n) is 35.8. The molecule has 0 saturated carbocycles. The number of nitrogens with one attached hydrogen (secondary N) is 3. The molecule has 58 heavy (non-hydrogen) atoms. The molecule has 1 aromatic carbocycles. The molecular weight excluding hydrogens is 743 g/mol. The first-order valence-electron chi connectivity index (χ1n) is 20.7. The minimum Gasteiger partial charge on any atom is -0.460 e. The molecule has 0 spiro atoms. The molecule has 2 unspecified atom stereocenters. The molecule has 2 fully saturated rings. The lowest BCUT2D eigenvalue weighted by Gasteiger charge is -2.37. The number of hydrogen-bond acceptors (Lipinski definition) is 9. The zero-order valence-corrected chi connectivity index (χ0v) is 35.8. The third-order valence-corrected chi connectivity index (χ3v) is 11.7. The van der Waals surface area contributed by atoms with Gasteiger partial charge in [-0.25, -0.2) is 4.79 Å². The summed E-state index contributed by atoms with van der Waals surface area (Å²) in [7, 11) is 1.47. The molecule has 0 aliphatic carbocycles. The Morgan fingerprint density at radius 1 is 0.879 bits per heavy atom. The molecule has 3 N–H and O–H groups in total. The van der Waals surface area contributed by atoms with Gasteiger partial charge in [-0.15, -0.1) is 12.3 Å². The van der Waals surface area contributed by atoms with Crippen molar-refractivity contribution in [1.29, 1.82) is 0 Å². The van der Waals surface area contributed by atoms with Crippen molar-refractivity contribution in [2.75, 3.05) is 20.1 Å². The lowest BCUT2D eigenvalue weighted by atomic mass is 9.82. The maximum atomic E-state index is 14.5. The molecule has 1 aromatic rings. The summed E-state index contributed by atoms with van der Waals surface area (Å²) >= 11 is 0. The van der Waals surface area contributed by atoms with Gasteiger partial charge >= 0.3 is 11.9 Å². The maximum Gasteiger partial charge on any atom is 0.329 e. The molecule has 8 atom stereocenters. The number of benzene rings is 1. The van der Waals surface area contributed by atoms with Gasteiger partial charge in [-0.05, 0) is 63.4 Å². The fourth-order valence-corrected chi connectivity index (χ4v) is 7.25. The van der Waals surface area contributed by atoms with Crippen LogP contribution in [-0.4, -0.2) is 108 Å². The highest BCUT2D eigenvalue weighted by Gasteiger charge is 2.45. The predicted molar refractivity (Wildman–Crippen MR) is 218 cm³/mol. The van der Waals surface area contributed by atoms with E-state index in [1.165, 1.54) is 16.8 Å². The zero-order chi connectivity index (χ0) is 43.3. The van der Waals surface area contributed by atoms with E-state index in [0.29, 0.717) is 38.5 Å². The third-order valence-electron chi connectivity index (χ3n) is 11.7. The first-order chi connectivity index (χ1) is 27.4. The second-order valence-electron chi connectivity index (χ2n) is 16.7. The first kappa shape index (κ1) is 47.4. The van der Waals surface area contributed by atoms with Crippen molar-refractivity contribution in [2.24, 2.45) is 23.2 Å². The Hall–Kier alpha value is -4.93. The van der Waals surface area contributed by atoms with E-state index in [1.807, 2.05) is 44.2 Å². The summed E-state index contributed by atoms with van der Waals surface area (Å²) in [6.07, 6.45) is 6.09. The number of terminal acetylenes is 1. The van der Waals surface area contributed by atoms with Crippen LogP contribution >= 0.6 is 0 Å². The van der Waals surface area contributed by atoms with E-state index in [0.717, 1.165) is 5.56 Å². The van der Waals surface area contributed by atoms with E-state index in [2.05, 4.69) is 21.9 Å². The Morgan fingerprint density at radius 3 is 2.14 bits per heavy atom. The number of fused-ring (bicyclic) bond motifs is 1. The van der Waals surface area contributed by atoms with Crippen LogP contribution in [0.4, 0.5) is 0 Å². The highest BCUT2D eigenvalue weighted by molar-refractivity contribution is 5.96. The second kappa shape index (κ2) is 21.7. The number of nitrogens with zero attached hydrogens (tertiary/aromatic N) is 2. The molecule has 0 bridgehead atoms. The van der Waals surface area contributed by atoms with E-state index in [-0.39, 0.29) is 25.3 Å².